The summed E-state index contributed by atoms with van der Waals surface area (Å²) in [4.78, 5) is 11.1. The monoisotopic (exact) mass is 390 g/mol. The van der Waals surface area contributed by atoms with E-state index in [0.29, 0.717) is 25.6 Å². The Morgan fingerprint density at radius 1 is 1.47 bits per heavy atom. The minimum Gasteiger partial charge on any atom is -0.495 e. The number of hydrogen-bond acceptors (Lipinski definition) is 3. The molecule has 2 N–H and O–H groups in total. The zero-order valence-electron chi connectivity index (χ0n) is 10.6. The van der Waals surface area contributed by atoms with E-state index in [1.807, 2.05) is 12.1 Å². The molecule has 1 aliphatic heterocycles. The molecule has 1 heterocycles. The van der Waals surface area contributed by atoms with Gasteiger partial charge in [0.1, 0.15) is 5.75 Å². The maximum absolute atomic E-state index is 11.1. The van der Waals surface area contributed by atoms with Gasteiger partial charge in [-0.05, 0) is 34.5 Å². The third-order valence-corrected chi connectivity index (χ3v) is 4.18. The first-order valence-electron chi connectivity index (χ1n) is 6.12. The lowest BCUT2D eigenvalue weighted by atomic mass is 10.1. The molecule has 1 saturated heterocycles. The first-order valence-corrected chi connectivity index (χ1v) is 7.70. The number of carbonyl (C=O) groups excluding carboxylic acids is 1. The van der Waals surface area contributed by atoms with E-state index >= 15 is 0 Å². The van der Waals surface area contributed by atoms with Gasteiger partial charge in [-0.3, -0.25) is 4.79 Å². The van der Waals surface area contributed by atoms with E-state index in [1.54, 1.807) is 7.11 Å². The molecule has 4 nitrogen and oxygen atoms in total. The van der Waals surface area contributed by atoms with Crippen molar-refractivity contribution in [2.45, 2.75) is 25.4 Å². The molecular formula is C13H16Br2N2O2. The maximum Gasteiger partial charge on any atom is 0.220 e. The molecule has 0 radical (unpaired) electrons. The van der Waals surface area contributed by atoms with Gasteiger partial charge in [0.15, 0.2) is 0 Å². The van der Waals surface area contributed by atoms with Crippen LogP contribution in [0.3, 0.4) is 0 Å². The van der Waals surface area contributed by atoms with Crippen LogP contribution < -0.4 is 15.4 Å². The van der Waals surface area contributed by atoms with Gasteiger partial charge in [-0.1, -0.05) is 15.9 Å². The van der Waals surface area contributed by atoms with E-state index in [4.69, 9.17) is 4.74 Å². The van der Waals surface area contributed by atoms with Crippen molar-refractivity contribution in [3.8, 4) is 5.75 Å². The molecule has 19 heavy (non-hydrogen) atoms. The molecule has 1 fully saturated rings. The summed E-state index contributed by atoms with van der Waals surface area (Å²) >= 11 is 6.97. The summed E-state index contributed by atoms with van der Waals surface area (Å²) in [6.07, 6.45) is 1.47. The highest BCUT2D eigenvalue weighted by molar-refractivity contribution is 9.11. The Bertz CT molecular complexity index is 470. The number of hydrogen-bond donors (Lipinski definition) is 2. The maximum atomic E-state index is 11.1. The molecule has 2 rings (SSSR count). The summed E-state index contributed by atoms with van der Waals surface area (Å²) in [5.74, 6) is 0.983. The van der Waals surface area contributed by atoms with E-state index in [0.717, 1.165) is 26.7 Å². The van der Waals surface area contributed by atoms with Gasteiger partial charge in [-0.25, -0.2) is 0 Å². The Balaban J connectivity index is 2.01. The van der Waals surface area contributed by atoms with Crippen LogP contribution in [-0.4, -0.2) is 25.6 Å². The molecule has 1 aromatic rings. The Labute approximate surface area is 129 Å². The number of amides is 1. The topological polar surface area (TPSA) is 50.4 Å². The summed E-state index contributed by atoms with van der Waals surface area (Å²) in [6.45, 7) is 1.40. The fourth-order valence-corrected chi connectivity index (χ4v) is 3.61. The van der Waals surface area contributed by atoms with Crippen LogP contribution in [0.5, 0.6) is 5.75 Å². The molecular weight excluding hydrogens is 376 g/mol. The lowest BCUT2D eigenvalue weighted by Crippen LogP contribution is -2.45. The van der Waals surface area contributed by atoms with Crippen molar-refractivity contribution in [2.24, 2.45) is 0 Å². The largest absolute Gasteiger partial charge is 0.495 e. The van der Waals surface area contributed by atoms with Gasteiger partial charge in [0.2, 0.25) is 5.91 Å². The second-order valence-electron chi connectivity index (χ2n) is 4.50. The third-order valence-electron chi connectivity index (χ3n) is 3.14. The van der Waals surface area contributed by atoms with E-state index in [-0.39, 0.29) is 5.91 Å². The quantitative estimate of drug-likeness (QED) is 0.829. The smallest absolute Gasteiger partial charge is 0.220 e. The van der Waals surface area contributed by atoms with E-state index < -0.39 is 0 Å². The molecule has 1 atom stereocenters. The summed E-state index contributed by atoms with van der Waals surface area (Å²) in [5.41, 5.74) is 1.08. The first kappa shape index (κ1) is 14.8. The van der Waals surface area contributed by atoms with Crippen molar-refractivity contribution in [3.63, 3.8) is 0 Å². The van der Waals surface area contributed by atoms with Gasteiger partial charge in [0.05, 0.1) is 11.6 Å². The van der Waals surface area contributed by atoms with E-state index in [1.165, 1.54) is 0 Å². The van der Waals surface area contributed by atoms with Crippen LogP contribution in [0.15, 0.2) is 21.1 Å². The molecule has 1 unspecified atom stereocenters. The van der Waals surface area contributed by atoms with Crippen LogP contribution >= 0.6 is 31.9 Å². The predicted molar refractivity (Wildman–Crippen MR) is 81.3 cm³/mol. The minimum absolute atomic E-state index is 0.140. The molecule has 0 spiro atoms. The minimum atomic E-state index is 0.140. The van der Waals surface area contributed by atoms with Gasteiger partial charge in [0, 0.05) is 35.6 Å². The molecule has 1 aliphatic rings. The van der Waals surface area contributed by atoms with Gasteiger partial charge in [-0.2, -0.15) is 0 Å². The van der Waals surface area contributed by atoms with Crippen molar-refractivity contribution in [1.29, 1.82) is 0 Å². The van der Waals surface area contributed by atoms with Crippen LogP contribution in [-0.2, 0) is 11.3 Å². The van der Waals surface area contributed by atoms with Gasteiger partial charge in [0.25, 0.3) is 0 Å². The lowest BCUT2D eigenvalue weighted by molar-refractivity contribution is -0.122. The second-order valence-corrected chi connectivity index (χ2v) is 6.27. The summed E-state index contributed by atoms with van der Waals surface area (Å²) in [7, 11) is 1.67. The third kappa shape index (κ3) is 3.94. The lowest BCUT2D eigenvalue weighted by Gasteiger charge is -2.24. The second kappa shape index (κ2) is 6.72. The molecule has 0 aliphatic carbocycles. The standard InChI is InChI=1S/C13H16Br2N2O2/c1-19-13-8(4-9(14)5-11(13)15)6-16-10-2-3-12(18)17-7-10/h4-5,10,16H,2-3,6-7H2,1H3,(H,17,18). The molecule has 1 aromatic carbocycles. The summed E-state index contributed by atoms with van der Waals surface area (Å²) < 4.78 is 7.35. The molecule has 0 saturated carbocycles. The SMILES string of the molecule is COc1c(Br)cc(Br)cc1CNC1CCC(=O)NC1. The number of rotatable bonds is 4. The van der Waals surface area contributed by atoms with Crippen LogP contribution in [0.1, 0.15) is 18.4 Å². The number of methoxy groups -OCH3 is 1. The Hall–Kier alpha value is -0.590. The number of benzene rings is 1. The van der Waals surface area contributed by atoms with Crippen molar-refractivity contribution in [3.05, 3.63) is 26.6 Å². The molecule has 104 valence electrons. The van der Waals surface area contributed by atoms with Crippen LogP contribution in [0.2, 0.25) is 0 Å². The van der Waals surface area contributed by atoms with E-state index in [2.05, 4.69) is 42.5 Å². The normalized spacial score (nSPS) is 19.1. The Kier molecular flexibility index (Phi) is 5.24. The van der Waals surface area contributed by atoms with E-state index in [9.17, 15) is 4.79 Å². The van der Waals surface area contributed by atoms with Crippen LogP contribution in [0.4, 0.5) is 0 Å². The van der Waals surface area contributed by atoms with Gasteiger partial charge in [-0.15, -0.1) is 0 Å². The average molecular weight is 392 g/mol. The van der Waals surface area contributed by atoms with Crippen LogP contribution in [0.25, 0.3) is 0 Å². The molecule has 0 aromatic heterocycles. The summed E-state index contributed by atoms with van der Waals surface area (Å²) in [6, 6.07) is 4.32. The van der Waals surface area contributed by atoms with Crippen molar-refractivity contribution < 1.29 is 9.53 Å². The number of piperidine rings is 1. The molecule has 1 amide bonds. The Morgan fingerprint density at radius 3 is 2.89 bits per heavy atom. The molecule has 0 bridgehead atoms. The summed E-state index contributed by atoms with van der Waals surface area (Å²) in [5, 5.41) is 6.32. The zero-order valence-corrected chi connectivity index (χ0v) is 13.8. The highest BCUT2D eigenvalue weighted by atomic mass is 79.9. The number of ether oxygens (including phenoxy) is 1. The fraction of sp³-hybridized carbons (Fsp3) is 0.462. The number of nitrogens with one attached hydrogen (secondary N) is 2. The average Bonchev–Trinajstić information content (AvgIpc) is 2.37. The first-order chi connectivity index (χ1) is 9.10. The predicted octanol–water partition coefficient (Wildman–Crippen LogP) is 2.59. The fourth-order valence-electron chi connectivity index (χ4n) is 2.13. The zero-order chi connectivity index (χ0) is 13.8. The van der Waals surface area contributed by atoms with Gasteiger partial charge < -0.3 is 15.4 Å². The molecule has 6 heteroatoms. The number of carbonyl (C=O) groups is 1. The highest BCUT2D eigenvalue weighted by Gasteiger charge is 2.18. The van der Waals surface area contributed by atoms with Crippen LogP contribution in [0, 0.1) is 0 Å². The number of halogens is 2. The van der Waals surface area contributed by atoms with Crippen molar-refractivity contribution >= 4 is 37.8 Å². The van der Waals surface area contributed by atoms with Crippen molar-refractivity contribution in [2.75, 3.05) is 13.7 Å². The highest BCUT2D eigenvalue weighted by Crippen LogP contribution is 2.32. The Morgan fingerprint density at radius 2 is 2.26 bits per heavy atom. The van der Waals surface area contributed by atoms with Gasteiger partial charge >= 0.3 is 0 Å². The van der Waals surface area contributed by atoms with Crippen molar-refractivity contribution in [1.82, 2.24) is 10.6 Å².